The van der Waals surface area contributed by atoms with Crippen LogP contribution >= 0.6 is 0 Å². The fourth-order valence-corrected chi connectivity index (χ4v) is 4.12. The van der Waals surface area contributed by atoms with Crippen molar-refractivity contribution in [1.82, 2.24) is 30.6 Å². The number of carbonyl (C=O) groups excluding carboxylic acids is 2. The third kappa shape index (κ3) is 3.70. The smallest absolute Gasteiger partial charge is 0.272 e. The molecule has 0 saturated carbocycles. The van der Waals surface area contributed by atoms with Crippen molar-refractivity contribution < 1.29 is 9.59 Å². The van der Waals surface area contributed by atoms with E-state index in [0.29, 0.717) is 12.2 Å². The molecule has 2 aromatic heterocycles. The number of aromatic nitrogens is 4. The largest absolute Gasteiger partial charge is 0.350 e. The van der Waals surface area contributed by atoms with Crippen molar-refractivity contribution in [3.05, 3.63) is 57.6 Å². The van der Waals surface area contributed by atoms with Crippen LogP contribution in [0.5, 0.6) is 0 Å². The van der Waals surface area contributed by atoms with E-state index in [-0.39, 0.29) is 29.5 Å². The summed E-state index contributed by atoms with van der Waals surface area (Å²) in [5.41, 5.74) is 1.90. The van der Waals surface area contributed by atoms with Crippen molar-refractivity contribution in [3.8, 4) is 0 Å². The normalized spacial score (nSPS) is 18.0. The summed E-state index contributed by atoms with van der Waals surface area (Å²) in [6, 6.07) is 6.78. The SMILES string of the molecule is Cc1cccc2c(C(=O)N3CC(C)(C)C[C@H]3CNC(=O)c3cn[nH]c(=O)c3)[nH]nc12. The van der Waals surface area contributed by atoms with E-state index in [4.69, 9.17) is 0 Å². The Balaban J connectivity index is 1.55. The maximum atomic E-state index is 13.4. The first kappa shape index (κ1) is 19.8. The molecular formula is C21H24N6O3. The molecule has 156 valence electrons. The summed E-state index contributed by atoms with van der Waals surface area (Å²) in [5, 5.41) is 16.7. The molecule has 1 aliphatic rings. The van der Waals surface area contributed by atoms with Crippen LogP contribution in [0.15, 0.2) is 35.3 Å². The zero-order valence-corrected chi connectivity index (χ0v) is 17.2. The molecule has 9 heteroatoms. The first-order chi connectivity index (χ1) is 14.2. The molecular weight excluding hydrogens is 384 g/mol. The third-order valence-corrected chi connectivity index (χ3v) is 5.51. The van der Waals surface area contributed by atoms with Crippen molar-refractivity contribution in [2.24, 2.45) is 5.41 Å². The van der Waals surface area contributed by atoms with Gasteiger partial charge in [-0.3, -0.25) is 19.5 Å². The zero-order chi connectivity index (χ0) is 21.5. The monoisotopic (exact) mass is 408 g/mol. The van der Waals surface area contributed by atoms with Crippen molar-refractivity contribution in [2.75, 3.05) is 13.1 Å². The lowest BCUT2D eigenvalue weighted by molar-refractivity contribution is 0.0712. The number of aryl methyl sites for hydroxylation is 1. The van der Waals surface area contributed by atoms with E-state index in [1.54, 1.807) is 4.90 Å². The van der Waals surface area contributed by atoms with E-state index in [2.05, 4.69) is 39.6 Å². The molecule has 0 spiro atoms. The Labute approximate surface area is 172 Å². The number of rotatable bonds is 4. The highest BCUT2D eigenvalue weighted by Crippen LogP contribution is 2.35. The van der Waals surface area contributed by atoms with Crippen molar-refractivity contribution >= 4 is 22.7 Å². The molecule has 3 aromatic rings. The number of carbonyl (C=O) groups is 2. The van der Waals surface area contributed by atoms with E-state index in [1.165, 1.54) is 12.3 Å². The lowest BCUT2D eigenvalue weighted by Gasteiger charge is -2.24. The molecule has 2 amide bonds. The van der Waals surface area contributed by atoms with Gasteiger partial charge in [0.15, 0.2) is 0 Å². The summed E-state index contributed by atoms with van der Waals surface area (Å²) in [6.07, 6.45) is 2.05. The third-order valence-electron chi connectivity index (χ3n) is 5.51. The summed E-state index contributed by atoms with van der Waals surface area (Å²) in [5.74, 6) is -0.529. The van der Waals surface area contributed by atoms with Gasteiger partial charge < -0.3 is 10.2 Å². The molecule has 30 heavy (non-hydrogen) atoms. The van der Waals surface area contributed by atoms with Crippen LogP contribution in [0.4, 0.5) is 0 Å². The maximum Gasteiger partial charge on any atom is 0.272 e. The highest BCUT2D eigenvalue weighted by Gasteiger charge is 2.41. The summed E-state index contributed by atoms with van der Waals surface area (Å²) in [4.78, 5) is 39.0. The zero-order valence-electron chi connectivity index (χ0n) is 17.2. The van der Waals surface area contributed by atoms with Gasteiger partial charge in [-0.15, -0.1) is 0 Å². The number of hydrogen-bond acceptors (Lipinski definition) is 5. The van der Waals surface area contributed by atoms with Crippen LogP contribution in [0.25, 0.3) is 10.9 Å². The number of nitrogens with one attached hydrogen (secondary N) is 3. The minimum Gasteiger partial charge on any atom is -0.350 e. The Morgan fingerprint density at radius 3 is 2.87 bits per heavy atom. The van der Waals surface area contributed by atoms with E-state index in [1.807, 2.05) is 25.1 Å². The average molecular weight is 408 g/mol. The van der Waals surface area contributed by atoms with Gasteiger partial charge in [-0.25, -0.2) is 5.10 Å². The Kier molecular flexibility index (Phi) is 4.89. The highest BCUT2D eigenvalue weighted by molar-refractivity contribution is 6.05. The average Bonchev–Trinajstić information content (AvgIpc) is 3.27. The Morgan fingerprint density at radius 1 is 1.30 bits per heavy atom. The van der Waals surface area contributed by atoms with Crippen LogP contribution in [0.3, 0.4) is 0 Å². The second kappa shape index (κ2) is 7.40. The topological polar surface area (TPSA) is 124 Å². The summed E-state index contributed by atoms with van der Waals surface area (Å²) >= 11 is 0. The first-order valence-corrected chi connectivity index (χ1v) is 9.83. The number of aromatic amines is 2. The van der Waals surface area contributed by atoms with Gasteiger partial charge in [-0.1, -0.05) is 32.0 Å². The van der Waals surface area contributed by atoms with E-state index in [9.17, 15) is 14.4 Å². The molecule has 0 bridgehead atoms. The number of amides is 2. The molecule has 0 aliphatic carbocycles. The predicted octanol–water partition coefficient (Wildman–Crippen LogP) is 1.63. The van der Waals surface area contributed by atoms with Crippen LogP contribution < -0.4 is 10.9 Å². The minimum absolute atomic E-state index is 0.0811. The molecule has 1 saturated heterocycles. The number of hydrogen-bond donors (Lipinski definition) is 3. The van der Waals surface area contributed by atoms with Gasteiger partial charge in [0, 0.05) is 24.5 Å². The van der Waals surface area contributed by atoms with Crippen molar-refractivity contribution in [2.45, 2.75) is 33.2 Å². The van der Waals surface area contributed by atoms with Crippen LogP contribution in [0.2, 0.25) is 0 Å². The molecule has 0 unspecified atom stereocenters. The van der Waals surface area contributed by atoms with Crippen LogP contribution in [0, 0.1) is 12.3 Å². The number of nitrogens with zero attached hydrogens (tertiary/aromatic N) is 3. The van der Waals surface area contributed by atoms with Gasteiger partial charge in [-0.2, -0.15) is 10.2 Å². The molecule has 4 rings (SSSR count). The Hall–Kier alpha value is -3.49. The van der Waals surface area contributed by atoms with Crippen LogP contribution in [0.1, 0.15) is 46.7 Å². The fraction of sp³-hybridized carbons (Fsp3) is 0.381. The molecule has 1 aliphatic heterocycles. The van der Waals surface area contributed by atoms with Crippen molar-refractivity contribution in [3.63, 3.8) is 0 Å². The van der Waals surface area contributed by atoms with Crippen LogP contribution in [-0.2, 0) is 0 Å². The quantitative estimate of drug-likeness (QED) is 0.605. The summed E-state index contributed by atoms with van der Waals surface area (Å²) in [7, 11) is 0. The van der Waals surface area contributed by atoms with Gasteiger partial charge in [-0.05, 0) is 24.3 Å². The van der Waals surface area contributed by atoms with Gasteiger partial charge in [0.25, 0.3) is 17.4 Å². The lowest BCUT2D eigenvalue weighted by atomic mass is 9.91. The van der Waals surface area contributed by atoms with E-state index >= 15 is 0 Å². The van der Waals surface area contributed by atoms with Crippen molar-refractivity contribution in [1.29, 1.82) is 0 Å². The molecule has 1 aromatic carbocycles. The second-order valence-corrected chi connectivity index (χ2v) is 8.57. The maximum absolute atomic E-state index is 13.4. The highest BCUT2D eigenvalue weighted by atomic mass is 16.2. The second-order valence-electron chi connectivity index (χ2n) is 8.57. The Morgan fingerprint density at radius 2 is 2.10 bits per heavy atom. The fourth-order valence-electron chi connectivity index (χ4n) is 4.12. The molecule has 9 nitrogen and oxygen atoms in total. The van der Waals surface area contributed by atoms with E-state index < -0.39 is 11.5 Å². The number of likely N-dealkylation sites (tertiary alicyclic amines) is 1. The minimum atomic E-state index is -0.442. The summed E-state index contributed by atoms with van der Waals surface area (Å²) < 4.78 is 0. The Bertz CT molecular complexity index is 1180. The number of benzene rings is 1. The standard InChI is InChI=1S/C21H24N6O3/c1-12-5-4-6-15-17(12)25-26-18(15)20(30)27-11-21(2,3)8-14(27)10-22-19(29)13-7-16(28)24-23-9-13/h4-7,9,14H,8,10-11H2,1-3H3,(H,22,29)(H,24,28)(H,25,26)/t14-/m0/s1. The van der Waals surface area contributed by atoms with Gasteiger partial charge in [0.2, 0.25) is 0 Å². The van der Waals surface area contributed by atoms with E-state index in [0.717, 1.165) is 22.9 Å². The molecule has 1 atom stereocenters. The number of fused-ring (bicyclic) bond motifs is 1. The van der Waals surface area contributed by atoms with Gasteiger partial charge in [0.1, 0.15) is 5.69 Å². The van der Waals surface area contributed by atoms with Gasteiger partial charge >= 0.3 is 0 Å². The lowest BCUT2D eigenvalue weighted by Crippen LogP contribution is -2.43. The number of H-pyrrole nitrogens is 2. The first-order valence-electron chi connectivity index (χ1n) is 9.83. The molecule has 1 fully saturated rings. The summed E-state index contributed by atoms with van der Waals surface area (Å²) in [6.45, 7) is 7.02. The molecule has 3 heterocycles. The van der Waals surface area contributed by atoms with Crippen LogP contribution in [-0.4, -0.2) is 56.2 Å². The number of para-hydroxylation sites is 1. The molecule has 3 N–H and O–H groups in total. The predicted molar refractivity (Wildman–Crippen MR) is 111 cm³/mol. The molecule has 0 radical (unpaired) electrons. The van der Waals surface area contributed by atoms with Gasteiger partial charge in [0.05, 0.1) is 23.3 Å².